The topological polar surface area (TPSA) is 78.1 Å². The van der Waals surface area contributed by atoms with Crippen molar-refractivity contribution in [2.45, 2.75) is 26.7 Å². The van der Waals surface area contributed by atoms with Crippen LogP contribution in [0.4, 0.5) is 5.82 Å². The van der Waals surface area contributed by atoms with Crippen LogP contribution >= 0.6 is 0 Å². The fourth-order valence-electron chi connectivity index (χ4n) is 4.04. The SMILES string of the molecule is Cc1ccc(NC(=O)C2CCN(CC(=O)c3c(C)[nH]c4ccccc34)CC2)nc1. The highest BCUT2D eigenvalue weighted by atomic mass is 16.2. The maximum atomic E-state index is 12.9. The second-order valence-corrected chi connectivity index (χ2v) is 7.85. The summed E-state index contributed by atoms with van der Waals surface area (Å²) in [7, 11) is 0. The Morgan fingerprint density at radius 1 is 1.14 bits per heavy atom. The minimum absolute atomic E-state index is 0.0137. The number of hydrogen-bond donors (Lipinski definition) is 2. The van der Waals surface area contributed by atoms with Gasteiger partial charge in [-0.3, -0.25) is 14.5 Å². The number of benzene rings is 1. The predicted molar refractivity (Wildman–Crippen MR) is 114 cm³/mol. The summed E-state index contributed by atoms with van der Waals surface area (Å²) >= 11 is 0. The summed E-state index contributed by atoms with van der Waals surface area (Å²) in [6, 6.07) is 11.7. The van der Waals surface area contributed by atoms with Gasteiger partial charge in [0.15, 0.2) is 5.78 Å². The Morgan fingerprint density at radius 2 is 1.90 bits per heavy atom. The molecule has 29 heavy (non-hydrogen) atoms. The van der Waals surface area contributed by atoms with E-state index in [9.17, 15) is 9.59 Å². The molecule has 0 atom stereocenters. The molecule has 0 bridgehead atoms. The molecule has 1 saturated heterocycles. The molecule has 1 fully saturated rings. The summed E-state index contributed by atoms with van der Waals surface area (Å²) < 4.78 is 0. The smallest absolute Gasteiger partial charge is 0.228 e. The Kier molecular flexibility index (Phi) is 5.45. The second kappa shape index (κ2) is 8.17. The quantitative estimate of drug-likeness (QED) is 0.651. The monoisotopic (exact) mass is 390 g/mol. The summed E-state index contributed by atoms with van der Waals surface area (Å²) in [4.78, 5) is 35.1. The van der Waals surface area contributed by atoms with E-state index in [2.05, 4.69) is 20.2 Å². The Morgan fingerprint density at radius 3 is 2.62 bits per heavy atom. The number of nitrogens with one attached hydrogen (secondary N) is 2. The number of pyridine rings is 1. The van der Waals surface area contributed by atoms with Crippen LogP contribution in [0.3, 0.4) is 0 Å². The zero-order chi connectivity index (χ0) is 20.4. The molecule has 1 aliphatic rings. The molecule has 0 aliphatic carbocycles. The van der Waals surface area contributed by atoms with Crippen LogP contribution in [-0.2, 0) is 4.79 Å². The van der Waals surface area contributed by atoms with Crippen LogP contribution < -0.4 is 5.32 Å². The lowest BCUT2D eigenvalue weighted by Gasteiger charge is -2.30. The van der Waals surface area contributed by atoms with E-state index in [0.717, 1.165) is 53.7 Å². The Labute approximate surface area is 170 Å². The Hall–Kier alpha value is -2.99. The number of piperidine rings is 1. The number of likely N-dealkylation sites (tertiary alicyclic amines) is 1. The van der Waals surface area contributed by atoms with Gasteiger partial charge in [0.05, 0.1) is 6.54 Å². The first-order valence-electron chi connectivity index (χ1n) is 10.1. The zero-order valence-electron chi connectivity index (χ0n) is 16.9. The van der Waals surface area contributed by atoms with Crippen LogP contribution in [-0.4, -0.2) is 46.2 Å². The molecule has 3 heterocycles. The molecule has 2 N–H and O–H groups in total. The summed E-state index contributed by atoms with van der Waals surface area (Å²) in [6.07, 6.45) is 3.24. The van der Waals surface area contributed by atoms with Crippen LogP contribution in [0.5, 0.6) is 0 Å². The minimum atomic E-state index is -0.0423. The van der Waals surface area contributed by atoms with Crippen molar-refractivity contribution in [2.75, 3.05) is 25.0 Å². The molecule has 4 rings (SSSR count). The molecule has 6 heteroatoms. The molecule has 0 radical (unpaired) electrons. The van der Waals surface area contributed by atoms with Gasteiger partial charge < -0.3 is 10.3 Å². The van der Waals surface area contributed by atoms with E-state index in [1.807, 2.05) is 50.2 Å². The lowest BCUT2D eigenvalue weighted by Crippen LogP contribution is -2.40. The van der Waals surface area contributed by atoms with E-state index < -0.39 is 0 Å². The first kappa shape index (κ1) is 19.3. The van der Waals surface area contributed by atoms with Crippen molar-refractivity contribution in [2.24, 2.45) is 5.92 Å². The summed E-state index contributed by atoms with van der Waals surface area (Å²) in [5.74, 6) is 0.693. The standard InChI is InChI=1S/C23H26N4O2/c1-15-7-8-21(24-13-15)26-23(29)17-9-11-27(12-10-17)14-20(28)22-16(2)25-19-6-4-3-5-18(19)22/h3-8,13,17,25H,9-12,14H2,1-2H3,(H,24,26,29). The highest BCUT2D eigenvalue weighted by Gasteiger charge is 2.27. The van der Waals surface area contributed by atoms with Crippen molar-refractivity contribution in [3.05, 3.63) is 59.4 Å². The zero-order valence-corrected chi connectivity index (χ0v) is 16.9. The van der Waals surface area contributed by atoms with E-state index >= 15 is 0 Å². The van der Waals surface area contributed by atoms with Gasteiger partial charge in [-0.15, -0.1) is 0 Å². The number of aryl methyl sites for hydroxylation is 2. The molecular weight excluding hydrogens is 364 g/mol. The van der Waals surface area contributed by atoms with Crippen LogP contribution in [0, 0.1) is 19.8 Å². The van der Waals surface area contributed by atoms with Crippen LogP contribution in [0.2, 0.25) is 0 Å². The van der Waals surface area contributed by atoms with Gasteiger partial charge in [0.1, 0.15) is 5.82 Å². The summed E-state index contributed by atoms with van der Waals surface area (Å²) in [5.41, 5.74) is 3.75. The third-order valence-corrected chi connectivity index (χ3v) is 5.66. The van der Waals surface area contributed by atoms with Crippen molar-refractivity contribution in [3.63, 3.8) is 0 Å². The maximum Gasteiger partial charge on any atom is 0.228 e. The number of nitrogens with zero attached hydrogens (tertiary/aromatic N) is 2. The van der Waals surface area contributed by atoms with Gasteiger partial charge in [-0.1, -0.05) is 24.3 Å². The number of para-hydroxylation sites is 1. The average molecular weight is 390 g/mol. The number of ketones is 1. The van der Waals surface area contributed by atoms with Gasteiger partial charge in [-0.25, -0.2) is 4.98 Å². The number of aromatic amines is 1. The van der Waals surface area contributed by atoms with Gasteiger partial charge in [0.25, 0.3) is 0 Å². The number of H-pyrrole nitrogens is 1. The molecule has 0 unspecified atom stereocenters. The van der Waals surface area contributed by atoms with Gasteiger partial charge in [-0.05, 0) is 57.5 Å². The fraction of sp³-hybridized carbons (Fsp3) is 0.348. The number of anilines is 1. The molecule has 1 aromatic carbocycles. The molecule has 0 saturated carbocycles. The van der Waals surface area contributed by atoms with Crippen molar-refractivity contribution in [1.29, 1.82) is 0 Å². The molecule has 3 aromatic rings. The lowest BCUT2D eigenvalue weighted by molar-refractivity contribution is -0.121. The molecule has 1 aliphatic heterocycles. The number of rotatable bonds is 5. The Bertz CT molecular complexity index is 1030. The van der Waals surface area contributed by atoms with Crippen molar-refractivity contribution < 1.29 is 9.59 Å². The van der Waals surface area contributed by atoms with Crippen LogP contribution in [0.1, 0.15) is 34.5 Å². The van der Waals surface area contributed by atoms with Gasteiger partial charge in [-0.2, -0.15) is 0 Å². The number of aromatic nitrogens is 2. The van der Waals surface area contributed by atoms with Crippen molar-refractivity contribution in [3.8, 4) is 0 Å². The number of hydrogen-bond acceptors (Lipinski definition) is 4. The third kappa shape index (κ3) is 4.22. The minimum Gasteiger partial charge on any atom is -0.358 e. The number of carbonyl (C=O) groups excluding carboxylic acids is 2. The van der Waals surface area contributed by atoms with Gasteiger partial charge in [0.2, 0.25) is 5.91 Å². The second-order valence-electron chi connectivity index (χ2n) is 7.85. The van der Waals surface area contributed by atoms with E-state index in [1.54, 1.807) is 6.20 Å². The summed E-state index contributed by atoms with van der Waals surface area (Å²) in [5, 5.41) is 3.89. The molecular formula is C23H26N4O2. The summed E-state index contributed by atoms with van der Waals surface area (Å²) in [6.45, 7) is 5.78. The molecule has 150 valence electrons. The van der Waals surface area contributed by atoms with Gasteiger partial charge in [0, 0.05) is 34.3 Å². The molecule has 0 spiro atoms. The number of amides is 1. The first-order valence-corrected chi connectivity index (χ1v) is 10.1. The predicted octanol–water partition coefficient (Wildman–Crippen LogP) is 3.71. The largest absolute Gasteiger partial charge is 0.358 e. The fourth-order valence-corrected chi connectivity index (χ4v) is 4.04. The average Bonchev–Trinajstić information content (AvgIpc) is 3.06. The lowest BCUT2D eigenvalue weighted by atomic mass is 9.95. The van der Waals surface area contributed by atoms with Crippen LogP contribution in [0.15, 0.2) is 42.6 Å². The maximum absolute atomic E-state index is 12.9. The Balaban J connectivity index is 1.33. The van der Waals surface area contributed by atoms with Crippen molar-refractivity contribution >= 4 is 28.4 Å². The van der Waals surface area contributed by atoms with Crippen molar-refractivity contribution in [1.82, 2.24) is 14.9 Å². The molecule has 1 amide bonds. The third-order valence-electron chi connectivity index (χ3n) is 5.66. The van der Waals surface area contributed by atoms with E-state index in [4.69, 9.17) is 0 Å². The number of fused-ring (bicyclic) bond motifs is 1. The molecule has 2 aromatic heterocycles. The van der Waals surface area contributed by atoms with E-state index in [1.165, 1.54) is 0 Å². The highest BCUT2D eigenvalue weighted by Crippen LogP contribution is 2.24. The number of carbonyl (C=O) groups is 2. The molecule has 6 nitrogen and oxygen atoms in total. The van der Waals surface area contributed by atoms with E-state index in [-0.39, 0.29) is 17.6 Å². The van der Waals surface area contributed by atoms with Crippen LogP contribution in [0.25, 0.3) is 10.9 Å². The van der Waals surface area contributed by atoms with E-state index in [0.29, 0.717) is 12.4 Å². The first-order chi connectivity index (χ1) is 14.0. The normalized spacial score (nSPS) is 15.5. The highest BCUT2D eigenvalue weighted by molar-refractivity contribution is 6.10. The van der Waals surface area contributed by atoms with Gasteiger partial charge >= 0.3 is 0 Å². The number of Topliss-reactive ketones (excluding diaryl/α,β-unsaturated/α-hetero) is 1.